The van der Waals surface area contributed by atoms with Crippen LogP contribution in [-0.2, 0) is 9.59 Å². The third-order valence-electron chi connectivity index (χ3n) is 4.10. The molecule has 0 spiro atoms. The Hall–Kier alpha value is -2.37. The van der Waals surface area contributed by atoms with Crippen LogP contribution in [0.5, 0.6) is 5.75 Å². The standard InChI is InChI=1S/C19H27N3O3/c1-14-7-6-10-17(11-14)25-19(24)13-20-22-15(2)12-18(23)21-16-8-4-3-5-9-16/h6-7,10-11,16,20H,3-5,8-9,12-13H2,1-2H3,(H,21,23)/b22-15-. The van der Waals surface area contributed by atoms with Gasteiger partial charge in [-0.25, -0.2) is 4.79 Å². The van der Waals surface area contributed by atoms with Crippen molar-refractivity contribution in [3.05, 3.63) is 29.8 Å². The number of hydrogen-bond acceptors (Lipinski definition) is 5. The third-order valence-corrected chi connectivity index (χ3v) is 4.10. The second kappa shape index (κ2) is 9.81. The molecule has 2 rings (SSSR count). The smallest absolute Gasteiger partial charge is 0.332 e. The number of carbonyl (C=O) groups is 2. The van der Waals surface area contributed by atoms with E-state index in [2.05, 4.69) is 15.8 Å². The van der Waals surface area contributed by atoms with E-state index in [1.54, 1.807) is 19.1 Å². The zero-order valence-electron chi connectivity index (χ0n) is 15.0. The number of amides is 1. The quantitative estimate of drug-likeness (QED) is 0.345. The first kappa shape index (κ1) is 19.0. The summed E-state index contributed by atoms with van der Waals surface area (Å²) in [5, 5.41) is 7.11. The summed E-state index contributed by atoms with van der Waals surface area (Å²) in [4.78, 5) is 23.7. The molecule has 1 saturated carbocycles. The van der Waals surface area contributed by atoms with Gasteiger partial charge in [-0.3, -0.25) is 10.2 Å². The fourth-order valence-corrected chi connectivity index (χ4v) is 2.88. The van der Waals surface area contributed by atoms with Crippen LogP contribution in [0.1, 0.15) is 51.0 Å². The molecule has 136 valence electrons. The summed E-state index contributed by atoms with van der Waals surface area (Å²) in [6, 6.07) is 7.59. The number of hydrogen-bond donors (Lipinski definition) is 2. The molecule has 0 unspecified atom stereocenters. The minimum absolute atomic E-state index is 0.0164. The van der Waals surface area contributed by atoms with Gasteiger partial charge >= 0.3 is 5.97 Å². The van der Waals surface area contributed by atoms with Crippen LogP contribution in [0.2, 0.25) is 0 Å². The van der Waals surface area contributed by atoms with E-state index >= 15 is 0 Å². The van der Waals surface area contributed by atoms with Gasteiger partial charge in [0.05, 0.1) is 6.42 Å². The monoisotopic (exact) mass is 345 g/mol. The predicted octanol–water partition coefficient (Wildman–Crippen LogP) is 2.70. The molecule has 1 fully saturated rings. The molecule has 1 aliphatic rings. The zero-order valence-corrected chi connectivity index (χ0v) is 15.0. The summed E-state index contributed by atoms with van der Waals surface area (Å²) in [6.07, 6.45) is 5.98. The molecule has 1 aromatic rings. The highest BCUT2D eigenvalue weighted by molar-refractivity contribution is 5.99. The molecule has 1 aromatic carbocycles. The van der Waals surface area contributed by atoms with E-state index in [0.29, 0.717) is 17.5 Å². The Kier molecular flexibility index (Phi) is 7.44. The lowest BCUT2D eigenvalue weighted by Gasteiger charge is -2.22. The molecule has 0 aromatic heterocycles. The van der Waals surface area contributed by atoms with E-state index < -0.39 is 5.97 Å². The van der Waals surface area contributed by atoms with E-state index in [1.807, 2.05) is 19.1 Å². The van der Waals surface area contributed by atoms with Crippen molar-refractivity contribution < 1.29 is 14.3 Å². The fraction of sp³-hybridized carbons (Fsp3) is 0.526. The Labute approximate surface area is 149 Å². The van der Waals surface area contributed by atoms with Crippen LogP contribution < -0.4 is 15.5 Å². The second-order valence-electron chi connectivity index (χ2n) is 6.55. The summed E-state index contributed by atoms with van der Waals surface area (Å²) < 4.78 is 5.21. The molecule has 0 bridgehead atoms. The minimum atomic E-state index is -0.422. The van der Waals surface area contributed by atoms with Gasteiger partial charge in [-0.1, -0.05) is 31.4 Å². The highest BCUT2D eigenvalue weighted by Crippen LogP contribution is 2.17. The van der Waals surface area contributed by atoms with E-state index in [4.69, 9.17) is 4.74 Å². The largest absolute Gasteiger partial charge is 0.425 e. The van der Waals surface area contributed by atoms with Crippen LogP contribution in [0.3, 0.4) is 0 Å². The lowest BCUT2D eigenvalue weighted by Crippen LogP contribution is -2.37. The first-order valence-corrected chi connectivity index (χ1v) is 8.85. The summed E-state index contributed by atoms with van der Waals surface area (Å²) in [7, 11) is 0. The molecule has 25 heavy (non-hydrogen) atoms. The number of rotatable bonds is 7. The van der Waals surface area contributed by atoms with Crippen molar-refractivity contribution in [1.82, 2.24) is 10.7 Å². The van der Waals surface area contributed by atoms with Crippen LogP contribution in [0, 0.1) is 6.92 Å². The van der Waals surface area contributed by atoms with Crippen molar-refractivity contribution in [1.29, 1.82) is 0 Å². The van der Waals surface area contributed by atoms with Gasteiger partial charge in [-0.15, -0.1) is 0 Å². The van der Waals surface area contributed by atoms with Crippen molar-refractivity contribution in [3.8, 4) is 5.75 Å². The van der Waals surface area contributed by atoms with Crippen molar-refractivity contribution in [2.45, 2.75) is 58.4 Å². The van der Waals surface area contributed by atoms with Crippen LogP contribution in [-0.4, -0.2) is 30.2 Å². The van der Waals surface area contributed by atoms with Gasteiger partial charge in [0.25, 0.3) is 0 Å². The molecular weight excluding hydrogens is 318 g/mol. The van der Waals surface area contributed by atoms with Crippen molar-refractivity contribution in [2.75, 3.05) is 6.54 Å². The first-order valence-electron chi connectivity index (χ1n) is 8.85. The average molecular weight is 345 g/mol. The topological polar surface area (TPSA) is 79.8 Å². The predicted molar refractivity (Wildman–Crippen MR) is 97.6 cm³/mol. The highest BCUT2D eigenvalue weighted by atomic mass is 16.5. The highest BCUT2D eigenvalue weighted by Gasteiger charge is 2.15. The maximum atomic E-state index is 12.0. The van der Waals surface area contributed by atoms with Gasteiger partial charge in [-0.05, 0) is 44.4 Å². The van der Waals surface area contributed by atoms with E-state index in [-0.39, 0.29) is 18.9 Å². The van der Waals surface area contributed by atoms with Gasteiger partial charge in [0, 0.05) is 11.8 Å². The molecule has 0 heterocycles. The number of aryl methyl sites for hydroxylation is 1. The average Bonchev–Trinajstić information content (AvgIpc) is 2.55. The maximum Gasteiger partial charge on any atom is 0.332 e. The number of esters is 1. The number of nitrogens with zero attached hydrogens (tertiary/aromatic N) is 1. The fourth-order valence-electron chi connectivity index (χ4n) is 2.88. The van der Waals surface area contributed by atoms with Gasteiger partial charge in [-0.2, -0.15) is 5.10 Å². The molecular formula is C19H27N3O3. The second-order valence-corrected chi connectivity index (χ2v) is 6.55. The van der Waals surface area contributed by atoms with E-state index in [1.165, 1.54) is 19.3 Å². The van der Waals surface area contributed by atoms with Crippen LogP contribution in [0.25, 0.3) is 0 Å². The Morgan fingerprint density at radius 1 is 1.24 bits per heavy atom. The number of nitrogens with one attached hydrogen (secondary N) is 2. The molecule has 2 N–H and O–H groups in total. The van der Waals surface area contributed by atoms with Gasteiger partial charge in [0.15, 0.2) is 0 Å². The normalized spacial score (nSPS) is 15.5. The molecule has 1 aliphatic carbocycles. The van der Waals surface area contributed by atoms with Crippen molar-refractivity contribution in [2.24, 2.45) is 5.10 Å². The van der Waals surface area contributed by atoms with E-state index in [0.717, 1.165) is 18.4 Å². The third kappa shape index (κ3) is 7.37. The summed E-state index contributed by atoms with van der Waals surface area (Å²) in [5.74, 6) is 0.0745. The maximum absolute atomic E-state index is 12.0. The molecule has 0 atom stereocenters. The molecule has 0 radical (unpaired) electrons. The van der Waals surface area contributed by atoms with Gasteiger partial charge in [0.1, 0.15) is 12.3 Å². The number of benzene rings is 1. The van der Waals surface area contributed by atoms with Crippen LogP contribution in [0.15, 0.2) is 29.4 Å². The SMILES string of the molecule is C/C(CC(=O)NC1CCCCC1)=N/NCC(=O)Oc1cccc(C)c1. The lowest BCUT2D eigenvalue weighted by molar-refractivity contribution is -0.133. The Morgan fingerprint density at radius 2 is 2.00 bits per heavy atom. The summed E-state index contributed by atoms with van der Waals surface area (Å²) in [5.41, 5.74) is 4.32. The minimum Gasteiger partial charge on any atom is -0.425 e. The number of carbonyl (C=O) groups excluding carboxylic acids is 2. The zero-order chi connectivity index (χ0) is 18.1. The Morgan fingerprint density at radius 3 is 2.72 bits per heavy atom. The first-order chi connectivity index (χ1) is 12.0. The van der Waals surface area contributed by atoms with Gasteiger partial charge in [0.2, 0.25) is 5.91 Å². The molecule has 0 saturated heterocycles. The summed E-state index contributed by atoms with van der Waals surface area (Å²) >= 11 is 0. The number of ether oxygens (including phenoxy) is 1. The van der Waals surface area contributed by atoms with Crippen LogP contribution in [0.4, 0.5) is 0 Å². The lowest BCUT2D eigenvalue weighted by atomic mass is 9.95. The summed E-state index contributed by atoms with van der Waals surface area (Å²) in [6.45, 7) is 3.65. The van der Waals surface area contributed by atoms with Gasteiger partial charge < -0.3 is 10.1 Å². The van der Waals surface area contributed by atoms with E-state index in [9.17, 15) is 9.59 Å². The molecule has 1 amide bonds. The van der Waals surface area contributed by atoms with Crippen molar-refractivity contribution in [3.63, 3.8) is 0 Å². The number of hydrazone groups is 1. The molecule has 6 nitrogen and oxygen atoms in total. The van der Waals surface area contributed by atoms with Crippen molar-refractivity contribution >= 4 is 17.6 Å². The van der Waals surface area contributed by atoms with Crippen LogP contribution >= 0.6 is 0 Å². The molecule has 0 aliphatic heterocycles. The molecule has 6 heteroatoms. The Bertz CT molecular complexity index is 622. The Balaban J connectivity index is 1.67.